The number of hydrogen-bond donors (Lipinski definition) is 1. The third kappa shape index (κ3) is 2.07. The molecule has 0 amide bonds. The van der Waals surface area contributed by atoms with Crippen molar-refractivity contribution in [1.29, 1.82) is 0 Å². The number of hydrogen-bond acceptors (Lipinski definition) is 1. The summed E-state index contributed by atoms with van der Waals surface area (Å²) in [6.45, 7) is 2.34. The van der Waals surface area contributed by atoms with Crippen molar-refractivity contribution in [3.63, 3.8) is 0 Å². The lowest BCUT2D eigenvalue weighted by Gasteiger charge is -2.11. The summed E-state index contributed by atoms with van der Waals surface area (Å²) >= 11 is 0. The first-order valence-electron chi connectivity index (χ1n) is 6.26. The fraction of sp³-hybridized carbons (Fsp3) is 0.375. The van der Waals surface area contributed by atoms with Crippen LogP contribution in [0.15, 0.2) is 48.1 Å². The molecule has 1 heteroatoms. The Bertz CT molecular complexity index is 443. The van der Waals surface area contributed by atoms with Crippen LogP contribution < -0.4 is 0 Å². The Balaban J connectivity index is 0.000000514. The Morgan fingerprint density at radius 1 is 1.06 bits per heavy atom. The van der Waals surface area contributed by atoms with E-state index in [1.165, 1.54) is 6.42 Å². The Morgan fingerprint density at radius 2 is 1.76 bits per heavy atom. The van der Waals surface area contributed by atoms with Crippen LogP contribution in [0.4, 0.5) is 0 Å². The van der Waals surface area contributed by atoms with Gasteiger partial charge in [-0.25, -0.2) is 0 Å². The van der Waals surface area contributed by atoms with Gasteiger partial charge in [-0.1, -0.05) is 55.0 Å². The van der Waals surface area contributed by atoms with Gasteiger partial charge >= 0.3 is 0 Å². The lowest BCUT2D eigenvalue weighted by atomic mass is 9.93. The van der Waals surface area contributed by atoms with Crippen LogP contribution in [0.3, 0.4) is 0 Å². The molecule has 2 unspecified atom stereocenters. The van der Waals surface area contributed by atoms with Crippen molar-refractivity contribution < 1.29 is 5.11 Å². The van der Waals surface area contributed by atoms with Gasteiger partial charge in [-0.05, 0) is 24.0 Å². The highest BCUT2D eigenvalue weighted by atomic mass is 16.2. The number of fused-ring (bicyclic) bond motifs is 3. The van der Waals surface area contributed by atoms with Gasteiger partial charge in [0, 0.05) is 18.9 Å². The molecule has 2 aliphatic carbocycles. The summed E-state index contributed by atoms with van der Waals surface area (Å²) in [4.78, 5) is 0. The monoisotopic (exact) mass is 228 g/mol. The van der Waals surface area contributed by atoms with Crippen molar-refractivity contribution in [2.45, 2.75) is 31.6 Å². The lowest BCUT2D eigenvalue weighted by Crippen LogP contribution is -1.95. The highest BCUT2D eigenvalue weighted by Crippen LogP contribution is 2.48. The fourth-order valence-electron chi connectivity index (χ4n) is 3.00. The standard InChI is InChI=1S/C15H16.CH4O/c1-11-12-7-3-2-4-9-14(12)15-10-6-5-8-13(11)15;1-2/h2,4-8,10-11,14H,3,9H2,1H3;2H,1H3. The fourth-order valence-corrected chi connectivity index (χ4v) is 3.00. The Kier molecular flexibility index (Phi) is 3.80. The van der Waals surface area contributed by atoms with Crippen molar-refractivity contribution in [2.75, 3.05) is 7.11 Å². The van der Waals surface area contributed by atoms with Crippen LogP contribution in [0, 0.1) is 0 Å². The van der Waals surface area contributed by atoms with Crippen LogP contribution in [-0.2, 0) is 0 Å². The van der Waals surface area contributed by atoms with E-state index in [1.807, 2.05) is 0 Å². The highest BCUT2D eigenvalue weighted by Gasteiger charge is 2.31. The summed E-state index contributed by atoms with van der Waals surface area (Å²) in [5.74, 6) is 1.29. The molecule has 1 aromatic carbocycles. The van der Waals surface area contributed by atoms with Gasteiger partial charge in [0.25, 0.3) is 0 Å². The van der Waals surface area contributed by atoms with E-state index in [-0.39, 0.29) is 0 Å². The number of allylic oxidation sites excluding steroid dienone is 4. The van der Waals surface area contributed by atoms with Gasteiger partial charge in [-0.15, -0.1) is 0 Å². The molecule has 0 saturated heterocycles. The maximum atomic E-state index is 7.00. The van der Waals surface area contributed by atoms with Crippen LogP contribution in [0.5, 0.6) is 0 Å². The predicted octanol–water partition coefficient (Wildman–Crippen LogP) is 3.77. The van der Waals surface area contributed by atoms with Gasteiger partial charge in [0.15, 0.2) is 0 Å². The number of aliphatic hydroxyl groups excluding tert-OH is 1. The summed E-state index contributed by atoms with van der Waals surface area (Å²) in [6.07, 6.45) is 9.36. The summed E-state index contributed by atoms with van der Waals surface area (Å²) < 4.78 is 0. The van der Waals surface area contributed by atoms with E-state index in [0.717, 1.165) is 13.5 Å². The second-order valence-electron chi connectivity index (χ2n) is 4.55. The molecule has 0 radical (unpaired) electrons. The second-order valence-corrected chi connectivity index (χ2v) is 4.55. The first-order valence-corrected chi connectivity index (χ1v) is 6.26. The maximum Gasteiger partial charge on any atom is 0.0319 e. The zero-order chi connectivity index (χ0) is 12.3. The summed E-state index contributed by atoms with van der Waals surface area (Å²) in [5, 5.41) is 7.00. The number of benzene rings is 1. The number of rotatable bonds is 0. The minimum atomic E-state index is 0.631. The SMILES string of the molecule is CC1C2=CCC=CCC2c2ccccc21.CO. The molecule has 1 N–H and O–H groups in total. The quantitative estimate of drug-likeness (QED) is 0.670. The molecule has 2 atom stereocenters. The largest absolute Gasteiger partial charge is 0.400 e. The van der Waals surface area contributed by atoms with Gasteiger partial charge in [0.05, 0.1) is 0 Å². The average Bonchev–Trinajstić information content (AvgIpc) is 2.59. The van der Waals surface area contributed by atoms with Crippen molar-refractivity contribution in [3.8, 4) is 0 Å². The normalized spacial score (nSPS) is 25.0. The summed E-state index contributed by atoms with van der Waals surface area (Å²) in [7, 11) is 1.00. The zero-order valence-corrected chi connectivity index (χ0v) is 10.6. The summed E-state index contributed by atoms with van der Waals surface area (Å²) in [5.41, 5.74) is 4.74. The number of aliphatic hydroxyl groups is 1. The van der Waals surface area contributed by atoms with E-state index in [1.54, 1.807) is 16.7 Å². The van der Waals surface area contributed by atoms with Crippen LogP contribution in [-0.4, -0.2) is 12.2 Å². The Hall–Kier alpha value is -1.34. The van der Waals surface area contributed by atoms with Crippen LogP contribution >= 0.6 is 0 Å². The Morgan fingerprint density at radius 3 is 2.53 bits per heavy atom. The molecule has 90 valence electrons. The topological polar surface area (TPSA) is 20.2 Å². The zero-order valence-electron chi connectivity index (χ0n) is 10.6. The van der Waals surface area contributed by atoms with E-state index in [2.05, 4.69) is 49.4 Å². The van der Waals surface area contributed by atoms with E-state index < -0.39 is 0 Å². The van der Waals surface area contributed by atoms with Crippen LogP contribution in [0.2, 0.25) is 0 Å². The molecule has 17 heavy (non-hydrogen) atoms. The van der Waals surface area contributed by atoms with Crippen molar-refractivity contribution in [3.05, 3.63) is 59.2 Å². The molecule has 0 aliphatic heterocycles. The molecule has 0 fully saturated rings. The third-order valence-electron chi connectivity index (χ3n) is 3.77. The molecule has 2 aliphatic rings. The first kappa shape index (κ1) is 12.1. The van der Waals surface area contributed by atoms with Gasteiger partial charge in [-0.3, -0.25) is 0 Å². The highest BCUT2D eigenvalue weighted by molar-refractivity contribution is 5.50. The average molecular weight is 228 g/mol. The van der Waals surface area contributed by atoms with E-state index in [0.29, 0.717) is 11.8 Å². The minimum absolute atomic E-state index is 0.631. The molecule has 3 rings (SSSR count). The second kappa shape index (κ2) is 5.33. The molecule has 1 aromatic rings. The first-order chi connectivity index (χ1) is 8.38. The summed E-state index contributed by atoms with van der Waals surface area (Å²) in [6, 6.07) is 8.93. The Labute approximate surface area is 103 Å². The molecular weight excluding hydrogens is 208 g/mol. The van der Waals surface area contributed by atoms with Crippen molar-refractivity contribution >= 4 is 0 Å². The molecular formula is C16H20O. The van der Waals surface area contributed by atoms with E-state index in [4.69, 9.17) is 5.11 Å². The third-order valence-corrected chi connectivity index (χ3v) is 3.77. The van der Waals surface area contributed by atoms with E-state index >= 15 is 0 Å². The van der Waals surface area contributed by atoms with Gasteiger partial charge in [0.2, 0.25) is 0 Å². The van der Waals surface area contributed by atoms with Crippen LogP contribution in [0.25, 0.3) is 0 Å². The molecule has 0 heterocycles. The maximum absolute atomic E-state index is 7.00. The molecule has 0 bridgehead atoms. The van der Waals surface area contributed by atoms with Gasteiger partial charge in [-0.2, -0.15) is 0 Å². The molecule has 0 spiro atoms. The predicted molar refractivity (Wildman–Crippen MR) is 72.2 cm³/mol. The van der Waals surface area contributed by atoms with Crippen LogP contribution in [0.1, 0.15) is 42.7 Å². The molecule has 1 nitrogen and oxygen atoms in total. The van der Waals surface area contributed by atoms with E-state index in [9.17, 15) is 0 Å². The molecule has 0 aromatic heterocycles. The van der Waals surface area contributed by atoms with Crippen molar-refractivity contribution in [1.82, 2.24) is 0 Å². The van der Waals surface area contributed by atoms with Gasteiger partial charge in [0.1, 0.15) is 0 Å². The lowest BCUT2D eigenvalue weighted by molar-refractivity contribution is 0.399. The minimum Gasteiger partial charge on any atom is -0.400 e. The van der Waals surface area contributed by atoms with Gasteiger partial charge < -0.3 is 5.11 Å². The smallest absolute Gasteiger partial charge is 0.0319 e. The van der Waals surface area contributed by atoms with Crippen molar-refractivity contribution in [2.24, 2.45) is 0 Å². The molecule has 0 saturated carbocycles.